The summed E-state index contributed by atoms with van der Waals surface area (Å²) in [7, 11) is 1.32. The molecule has 1 heterocycles. The first-order valence-electron chi connectivity index (χ1n) is 8.10. The van der Waals surface area contributed by atoms with E-state index < -0.39 is 12.1 Å². The van der Waals surface area contributed by atoms with Gasteiger partial charge in [-0.3, -0.25) is 9.36 Å². The first-order chi connectivity index (χ1) is 12.2. The maximum Gasteiger partial charge on any atom is 0.340 e. The Labute approximate surface area is 145 Å². The van der Waals surface area contributed by atoms with Crippen LogP contribution in [-0.2, 0) is 4.74 Å². The van der Waals surface area contributed by atoms with Gasteiger partial charge in [0.15, 0.2) is 6.10 Å². The molecule has 0 radical (unpaired) electrons. The van der Waals surface area contributed by atoms with Gasteiger partial charge in [0.05, 0.1) is 18.2 Å². The number of ether oxygens (including phenoxy) is 2. The van der Waals surface area contributed by atoms with E-state index in [0.717, 1.165) is 0 Å². The molecule has 3 rings (SSSR count). The van der Waals surface area contributed by atoms with Crippen LogP contribution < -0.4 is 4.74 Å². The highest BCUT2D eigenvalue weighted by Crippen LogP contribution is 2.23. The first-order valence-corrected chi connectivity index (χ1v) is 8.10. The fraction of sp³-hybridized carbons (Fsp3) is 0.200. The number of aromatic nitrogens is 1. The van der Waals surface area contributed by atoms with Gasteiger partial charge in [0.1, 0.15) is 5.75 Å². The Morgan fingerprint density at radius 1 is 1.04 bits per heavy atom. The van der Waals surface area contributed by atoms with Crippen LogP contribution in [0.15, 0.2) is 60.8 Å². The molecule has 0 fully saturated rings. The van der Waals surface area contributed by atoms with E-state index in [1.807, 2.05) is 49.4 Å². The third-order valence-corrected chi connectivity index (χ3v) is 4.02. The Balaban J connectivity index is 1.99. The lowest BCUT2D eigenvalue weighted by atomic mass is 10.2. The predicted molar refractivity (Wildman–Crippen MR) is 95.1 cm³/mol. The van der Waals surface area contributed by atoms with Crippen molar-refractivity contribution >= 4 is 22.8 Å². The summed E-state index contributed by atoms with van der Waals surface area (Å²) < 4.78 is 12.1. The molecule has 5 nitrogen and oxygen atoms in total. The predicted octanol–water partition coefficient (Wildman–Crippen LogP) is 3.93. The van der Waals surface area contributed by atoms with Crippen molar-refractivity contribution in [1.29, 1.82) is 0 Å². The fourth-order valence-electron chi connectivity index (χ4n) is 2.76. The summed E-state index contributed by atoms with van der Waals surface area (Å²) in [5, 5.41) is 0.678. The molecular formula is C20H19NO4. The van der Waals surface area contributed by atoms with Crippen molar-refractivity contribution in [2.75, 3.05) is 7.11 Å². The molecule has 1 aromatic heterocycles. The maximum absolute atomic E-state index is 13.0. The van der Waals surface area contributed by atoms with E-state index in [1.54, 1.807) is 12.1 Å². The lowest BCUT2D eigenvalue weighted by molar-refractivity contribution is 0.0602. The molecule has 5 heteroatoms. The second-order valence-electron chi connectivity index (χ2n) is 5.59. The third-order valence-electron chi connectivity index (χ3n) is 4.02. The quantitative estimate of drug-likeness (QED) is 0.662. The second kappa shape index (κ2) is 7.21. The van der Waals surface area contributed by atoms with Crippen LogP contribution in [0.25, 0.3) is 10.9 Å². The van der Waals surface area contributed by atoms with Gasteiger partial charge in [0.2, 0.25) is 0 Å². The van der Waals surface area contributed by atoms with Gasteiger partial charge >= 0.3 is 5.97 Å². The Morgan fingerprint density at radius 2 is 1.72 bits per heavy atom. The van der Waals surface area contributed by atoms with Gasteiger partial charge in [0.25, 0.3) is 5.91 Å². The number of carbonyl (C=O) groups excluding carboxylic acids is 2. The molecule has 0 spiro atoms. The van der Waals surface area contributed by atoms with Crippen molar-refractivity contribution < 1.29 is 19.1 Å². The number of benzene rings is 2. The number of rotatable bonds is 5. The van der Waals surface area contributed by atoms with Gasteiger partial charge in [0, 0.05) is 11.6 Å². The zero-order valence-corrected chi connectivity index (χ0v) is 14.1. The molecule has 0 aliphatic rings. The van der Waals surface area contributed by atoms with Crippen molar-refractivity contribution in [3.8, 4) is 5.75 Å². The molecule has 0 bridgehead atoms. The molecule has 0 saturated carbocycles. The highest BCUT2D eigenvalue weighted by atomic mass is 16.5. The number of fused-ring (bicyclic) bond motifs is 1. The molecule has 2 aromatic carbocycles. The van der Waals surface area contributed by atoms with Crippen molar-refractivity contribution in [1.82, 2.24) is 4.57 Å². The molecule has 0 N–H and O–H groups in total. The number of para-hydroxylation sites is 2. The summed E-state index contributed by atoms with van der Waals surface area (Å²) in [5.41, 5.74) is 1.02. The molecule has 0 aliphatic carbocycles. The van der Waals surface area contributed by atoms with Crippen LogP contribution in [0.4, 0.5) is 0 Å². The van der Waals surface area contributed by atoms with Gasteiger partial charge in [-0.15, -0.1) is 0 Å². The topological polar surface area (TPSA) is 57.5 Å². The van der Waals surface area contributed by atoms with E-state index in [9.17, 15) is 9.59 Å². The zero-order valence-electron chi connectivity index (χ0n) is 14.1. The molecular weight excluding hydrogens is 318 g/mol. The summed E-state index contributed by atoms with van der Waals surface area (Å²) in [6.07, 6.45) is 1.38. The summed E-state index contributed by atoms with van der Waals surface area (Å²) in [4.78, 5) is 25.0. The van der Waals surface area contributed by atoms with E-state index >= 15 is 0 Å². The lowest BCUT2D eigenvalue weighted by Crippen LogP contribution is -2.31. The van der Waals surface area contributed by atoms with E-state index in [0.29, 0.717) is 28.6 Å². The number of hydrogen-bond acceptors (Lipinski definition) is 4. The van der Waals surface area contributed by atoms with E-state index in [2.05, 4.69) is 0 Å². The second-order valence-corrected chi connectivity index (χ2v) is 5.59. The highest BCUT2D eigenvalue weighted by molar-refractivity contribution is 6.07. The Morgan fingerprint density at radius 3 is 2.40 bits per heavy atom. The SMILES string of the molecule is CC[C@H](Oc1ccccc1)C(=O)n1cc(C(=O)OC)c2ccccc21. The molecule has 0 aliphatic heterocycles. The fourth-order valence-corrected chi connectivity index (χ4v) is 2.76. The minimum Gasteiger partial charge on any atom is -0.481 e. The molecule has 0 saturated heterocycles. The first kappa shape index (κ1) is 16.8. The summed E-state index contributed by atoms with van der Waals surface area (Å²) in [5.74, 6) is -0.0650. The third kappa shape index (κ3) is 3.26. The van der Waals surface area contributed by atoms with Crippen molar-refractivity contribution in [3.63, 3.8) is 0 Å². The molecule has 0 amide bonds. The standard InChI is InChI=1S/C20H19NO4/c1-3-18(25-14-9-5-4-6-10-14)19(22)21-13-16(20(23)24-2)15-11-7-8-12-17(15)21/h4-13,18H,3H2,1-2H3/t18-/m0/s1. The van der Waals surface area contributed by atoms with Crippen molar-refractivity contribution in [2.24, 2.45) is 0 Å². The van der Waals surface area contributed by atoms with Crippen LogP contribution in [-0.4, -0.2) is 29.7 Å². The number of carbonyl (C=O) groups is 2. The largest absolute Gasteiger partial charge is 0.481 e. The number of hydrogen-bond donors (Lipinski definition) is 0. The zero-order chi connectivity index (χ0) is 17.8. The smallest absolute Gasteiger partial charge is 0.340 e. The van der Waals surface area contributed by atoms with Gasteiger partial charge in [-0.25, -0.2) is 4.79 Å². The summed E-state index contributed by atoms with van der Waals surface area (Å²) >= 11 is 0. The van der Waals surface area contributed by atoms with Crippen LogP contribution in [0.1, 0.15) is 28.5 Å². The normalized spacial score (nSPS) is 11.9. The van der Waals surface area contributed by atoms with Crippen LogP contribution in [0.3, 0.4) is 0 Å². The average Bonchev–Trinajstić information content (AvgIpc) is 3.05. The summed E-state index contributed by atoms with van der Waals surface area (Å²) in [6, 6.07) is 16.5. The summed E-state index contributed by atoms with van der Waals surface area (Å²) in [6.45, 7) is 1.89. The highest BCUT2D eigenvalue weighted by Gasteiger charge is 2.24. The molecule has 25 heavy (non-hydrogen) atoms. The van der Waals surface area contributed by atoms with Gasteiger partial charge in [-0.1, -0.05) is 43.3 Å². The van der Waals surface area contributed by atoms with Gasteiger partial charge < -0.3 is 9.47 Å². The molecule has 128 valence electrons. The monoisotopic (exact) mass is 337 g/mol. The van der Waals surface area contributed by atoms with Gasteiger partial charge in [-0.05, 0) is 24.6 Å². The van der Waals surface area contributed by atoms with Crippen LogP contribution >= 0.6 is 0 Å². The number of esters is 1. The Bertz CT molecular complexity index is 898. The van der Waals surface area contributed by atoms with Crippen molar-refractivity contribution in [2.45, 2.75) is 19.4 Å². The average molecular weight is 337 g/mol. The van der Waals surface area contributed by atoms with Crippen molar-refractivity contribution in [3.05, 3.63) is 66.4 Å². The lowest BCUT2D eigenvalue weighted by Gasteiger charge is -2.17. The maximum atomic E-state index is 13.0. The molecule has 0 unspecified atom stereocenters. The molecule has 1 atom stereocenters. The van der Waals surface area contributed by atoms with Crippen LogP contribution in [0.5, 0.6) is 5.75 Å². The number of nitrogens with zero attached hydrogens (tertiary/aromatic N) is 1. The Hall–Kier alpha value is -3.08. The van der Waals surface area contributed by atoms with Gasteiger partial charge in [-0.2, -0.15) is 0 Å². The number of methoxy groups -OCH3 is 1. The minimum atomic E-state index is -0.649. The van der Waals surface area contributed by atoms with E-state index in [1.165, 1.54) is 17.9 Å². The minimum absolute atomic E-state index is 0.224. The van der Waals surface area contributed by atoms with Crippen LogP contribution in [0, 0.1) is 0 Å². The van der Waals surface area contributed by atoms with E-state index in [4.69, 9.17) is 9.47 Å². The van der Waals surface area contributed by atoms with Crippen LogP contribution in [0.2, 0.25) is 0 Å². The van der Waals surface area contributed by atoms with E-state index in [-0.39, 0.29) is 5.91 Å². The molecule has 3 aromatic rings. The Kier molecular flexibility index (Phi) is 4.84.